The highest BCUT2D eigenvalue weighted by atomic mass is 32.2. The highest BCUT2D eigenvalue weighted by molar-refractivity contribution is 7.89. The maximum Gasteiger partial charge on any atom is 0.240 e. The number of hydrogen-bond acceptors (Lipinski definition) is 4. The van der Waals surface area contributed by atoms with Crippen molar-refractivity contribution in [1.29, 1.82) is 0 Å². The first-order valence-electron chi connectivity index (χ1n) is 6.94. The molecule has 6 nitrogen and oxygen atoms in total. The van der Waals surface area contributed by atoms with Crippen LogP contribution in [0, 0.1) is 0 Å². The molecule has 1 atom stereocenters. The van der Waals surface area contributed by atoms with Crippen LogP contribution in [0.5, 0.6) is 0 Å². The molecule has 0 bridgehead atoms. The molecule has 0 heterocycles. The van der Waals surface area contributed by atoms with Gasteiger partial charge in [-0.05, 0) is 31.2 Å². The Balaban J connectivity index is 2.79. The van der Waals surface area contributed by atoms with Gasteiger partial charge in [0.2, 0.25) is 15.9 Å². The Hall–Kier alpha value is -1.44. The monoisotopic (exact) mass is 313 g/mol. The van der Waals surface area contributed by atoms with Crippen LogP contribution in [0.2, 0.25) is 0 Å². The van der Waals surface area contributed by atoms with Crippen LogP contribution >= 0.6 is 0 Å². The zero-order valence-electron chi connectivity index (χ0n) is 12.6. The molecule has 1 amide bonds. The highest BCUT2D eigenvalue weighted by Gasteiger charge is 2.15. The molecule has 0 saturated heterocycles. The van der Waals surface area contributed by atoms with Crippen molar-refractivity contribution < 1.29 is 13.2 Å². The fourth-order valence-corrected chi connectivity index (χ4v) is 2.97. The molecule has 1 rings (SSSR count). The van der Waals surface area contributed by atoms with Crippen LogP contribution in [0.3, 0.4) is 0 Å². The molecular weight excluding hydrogens is 290 g/mol. The number of amides is 1. The van der Waals surface area contributed by atoms with Crippen molar-refractivity contribution in [3.63, 3.8) is 0 Å². The van der Waals surface area contributed by atoms with Gasteiger partial charge in [0.15, 0.2) is 0 Å². The maximum atomic E-state index is 12.2. The molecule has 0 saturated carbocycles. The zero-order valence-corrected chi connectivity index (χ0v) is 13.5. The van der Waals surface area contributed by atoms with Gasteiger partial charge in [-0.25, -0.2) is 13.1 Å². The molecule has 1 aromatic rings. The summed E-state index contributed by atoms with van der Waals surface area (Å²) in [6.45, 7) is 4.86. The summed E-state index contributed by atoms with van der Waals surface area (Å²) in [6.07, 6.45) is 0.114. The van der Waals surface area contributed by atoms with Crippen molar-refractivity contribution in [2.75, 3.05) is 20.1 Å². The van der Waals surface area contributed by atoms with Crippen LogP contribution in [0.4, 0.5) is 0 Å². The van der Waals surface area contributed by atoms with E-state index in [2.05, 4.69) is 15.4 Å². The van der Waals surface area contributed by atoms with Crippen LogP contribution in [0.1, 0.15) is 31.9 Å². The molecule has 21 heavy (non-hydrogen) atoms. The van der Waals surface area contributed by atoms with Crippen molar-refractivity contribution >= 4 is 15.9 Å². The topological polar surface area (TPSA) is 87.3 Å². The predicted molar refractivity (Wildman–Crippen MR) is 82.4 cm³/mol. The summed E-state index contributed by atoms with van der Waals surface area (Å²) in [5.41, 5.74) is 0.908. The number of nitrogens with one attached hydrogen (secondary N) is 3. The molecule has 3 N–H and O–H groups in total. The van der Waals surface area contributed by atoms with Gasteiger partial charge in [-0.3, -0.25) is 4.79 Å². The smallest absolute Gasteiger partial charge is 0.240 e. The van der Waals surface area contributed by atoms with E-state index in [0.717, 1.165) is 12.1 Å². The molecule has 1 aromatic carbocycles. The van der Waals surface area contributed by atoms with Crippen LogP contribution in [-0.4, -0.2) is 34.5 Å². The van der Waals surface area contributed by atoms with E-state index in [1.807, 2.05) is 19.9 Å². The third-order valence-corrected chi connectivity index (χ3v) is 4.56. The minimum atomic E-state index is -3.59. The largest absolute Gasteiger partial charge is 0.359 e. The van der Waals surface area contributed by atoms with Gasteiger partial charge in [0, 0.05) is 26.1 Å². The SMILES string of the molecule is CCNC(C)c1cccc(S(=O)(=O)NCCC(=O)NC)c1. The van der Waals surface area contributed by atoms with E-state index >= 15 is 0 Å². The Morgan fingerprint density at radius 3 is 2.67 bits per heavy atom. The van der Waals surface area contributed by atoms with Crippen LogP contribution in [0.15, 0.2) is 29.2 Å². The first-order chi connectivity index (χ1) is 9.90. The second-order valence-electron chi connectivity index (χ2n) is 4.67. The number of benzene rings is 1. The summed E-state index contributed by atoms with van der Waals surface area (Å²) < 4.78 is 26.8. The van der Waals surface area contributed by atoms with E-state index in [4.69, 9.17) is 0 Å². The Morgan fingerprint density at radius 1 is 1.33 bits per heavy atom. The van der Waals surface area contributed by atoms with Crippen molar-refractivity contribution in [3.05, 3.63) is 29.8 Å². The number of hydrogen-bond donors (Lipinski definition) is 3. The summed E-state index contributed by atoms with van der Waals surface area (Å²) in [5, 5.41) is 5.69. The average molecular weight is 313 g/mol. The number of rotatable bonds is 8. The minimum Gasteiger partial charge on any atom is -0.359 e. The number of carbonyl (C=O) groups is 1. The fourth-order valence-electron chi connectivity index (χ4n) is 1.88. The molecule has 0 radical (unpaired) electrons. The molecule has 7 heteroatoms. The molecule has 0 aliphatic carbocycles. The number of sulfonamides is 1. The second kappa shape index (κ2) is 8.11. The summed E-state index contributed by atoms with van der Waals surface area (Å²) >= 11 is 0. The van der Waals surface area contributed by atoms with Crippen molar-refractivity contribution in [1.82, 2.24) is 15.4 Å². The first kappa shape index (κ1) is 17.6. The Bertz CT molecular complexity index is 573. The molecule has 1 unspecified atom stereocenters. The van der Waals surface area contributed by atoms with Gasteiger partial charge >= 0.3 is 0 Å². The van der Waals surface area contributed by atoms with Gasteiger partial charge in [0.1, 0.15) is 0 Å². The van der Waals surface area contributed by atoms with Gasteiger partial charge in [-0.2, -0.15) is 0 Å². The predicted octanol–water partition coefficient (Wildman–Crippen LogP) is 0.772. The van der Waals surface area contributed by atoms with Crippen LogP contribution < -0.4 is 15.4 Å². The van der Waals surface area contributed by atoms with E-state index in [9.17, 15) is 13.2 Å². The lowest BCUT2D eigenvalue weighted by molar-refractivity contribution is -0.120. The molecule has 0 aliphatic heterocycles. The lowest BCUT2D eigenvalue weighted by Crippen LogP contribution is -2.29. The Labute approximate surface area is 126 Å². The molecule has 0 aliphatic rings. The average Bonchev–Trinajstić information content (AvgIpc) is 2.47. The van der Waals surface area contributed by atoms with E-state index in [1.54, 1.807) is 18.2 Å². The normalized spacial score (nSPS) is 12.9. The van der Waals surface area contributed by atoms with Gasteiger partial charge in [0.05, 0.1) is 4.90 Å². The minimum absolute atomic E-state index is 0.0784. The second-order valence-corrected chi connectivity index (χ2v) is 6.44. The van der Waals surface area contributed by atoms with Gasteiger partial charge in [-0.1, -0.05) is 19.1 Å². The molecule has 0 fully saturated rings. The summed E-state index contributed by atoms with van der Waals surface area (Å²) in [4.78, 5) is 11.3. The fraction of sp³-hybridized carbons (Fsp3) is 0.500. The first-order valence-corrected chi connectivity index (χ1v) is 8.42. The van der Waals surface area contributed by atoms with E-state index in [1.165, 1.54) is 7.05 Å². The third-order valence-electron chi connectivity index (χ3n) is 3.10. The lowest BCUT2D eigenvalue weighted by atomic mass is 10.1. The Kier molecular flexibility index (Phi) is 6.80. The van der Waals surface area contributed by atoms with E-state index < -0.39 is 10.0 Å². The summed E-state index contributed by atoms with van der Waals surface area (Å²) in [6, 6.07) is 6.88. The van der Waals surface area contributed by atoms with Crippen molar-refractivity contribution in [2.45, 2.75) is 31.2 Å². The quantitative estimate of drug-likeness (QED) is 0.661. The Morgan fingerprint density at radius 2 is 2.05 bits per heavy atom. The number of carbonyl (C=O) groups excluding carboxylic acids is 1. The van der Waals surface area contributed by atoms with E-state index in [0.29, 0.717) is 0 Å². The summed E-state index contributed by atoms with van der Waals surface area (Å²) in [7, 11) is -2.08. The molecular formula is C14H23N3O3S. The van der Waals surface area contributed by atoms with Crippen molar-refractivity contribution in [2.24, 2.45) is 0 Å². The third kappa shape index (κ3) is 5.45. The van der Waals surface area contributed by atoms with Crippen LogP contribution in [0.25, 0.3) is 0 Å². The highest BCUT2D eigenvalue weighted by Crippen LogP contribution is 2.17. The van der Waals surface area contributed by atoms with Gasteiger partial charge in [0.25, 0.3) is 0 Å². The standard InChI is InChI=1S/C14H23N3O3S/c1-4-16-11(2)12-6-5-7-13(10-12)21(19,20)17-9-8-14(18)15-3/h5-7,10-11,16-17H,4,8-9H2,1-3H3,(H,15,18). The van der Waals surface area contributed by atoms with Crippen LogP contribution in [-0.2, 0) is 14.8 Å². The maximum absolute atomic E-state index is 12.2. The molecule has 0 aromatic heterocycles. The van der Waals surface area contributed by atoms with Gasteiger partial charge < -0.3 is 10.6 Å². The van der Waals surface area contributed by atoms with Gasteiger partial charge in [-0.15, -0.1) is 0 Å². The summed E-state index contributed by atoms with van der Waals surface area (Å²) in [5.74, 6) is -0.202. The molecule has 0 spiro atoms. The zero-order chi connectivity index (χ0) is 15.9. The molecule has 118 valence electrons. The van der Waals surface area contributed by atoms with E-state index in [-0.39, 0.29) is 29.8 Å². The lowest BCUT2D eigenvalue weighted by Gasteiger charge is -2.14. The van der Waals surface area contributed by atoms with Crippen molar-refractivity contribution in [3.8, 4) is 0 Å².